The Morgan fingerprint density at radius 1 is 1.54 bits per heavy atom. The van der Waals surface area contributed by atoms with E-state index in [9.17, 15) is 9.59 Å². The SMILES string of the molecule is CCOCC(C)N1CCC(=O)C1=O. The van der Waals surface area contributed by atoms with E-state index in [0.29, 0.717) is 26.2 Å². The lowest BCUT2D eigenvalue weighted by Gasteiger charge is -2.22. The van der Waals surface area contributed by atoms with Crippen LogP contribution < -0.4 is 0 Å². The molecule has 0 N–H and O–H groups in total. The molecule has 4 nitrogen and oxygen atoms in total. The molecule has 0 aromatic heterocycles. The molecule has 1 aliphatic rings. The van der Waals surface area contributed by atoms with Gasteiger partial charge in [0.05, 0.1) is 12.6 Å². The molecule has 0 aliphatic carbocycles. The minimum Gasteiger partial charge on any atom is -0.380 e. The van der Waals surface area contributed by atoms with Gasteiger partial charge in [-0.2, -0.15) is 0 Å². The number of amides is 1. The molecule has 1 amide bonds. The number of Topliss-reactive ketones (excluding diaryl/α,β-unsaturated/α-hetero) is 1. The fourth-order valence-corrected chi connectivity index (χ4v) is 1.39. The van der Waals surface area contributed by atoms with Crippen LogP contribution in [-0.4, -0.2) is 42.4 Å². The molecule has 1 rings (SSSR count). The van der Waals surface area contributed by atoms with Gasteiger partial charge >= 0.3 is 0 Å². The van der Waals surface area contributed by atoms with Crippen molar-refractivity contribution in [2.45, 2.75) is 26.3 Å². The fourth-order valence-electron chi connectivity index (χ4n) is 1.39. The molecule has 0 saturated carbocycles. The van der Waals surface area contributed by atoms with Crippen molar-refractivity contribution in [2.24, 2.45) is 0 Å². The van der Waals surface area contributed by atoms with Gasteiger partial charge < -0.3 is 9.64 Å². The Morgan fingerprint density at radius 3 is 2.69 bits per heavy atom. The molecule has 74 valence electrons. The average Bonchev–Trinajstić information content (AvgIpc) is 2.44. The van der Waals surface area contributed by atoms with Crippen molar-refractivity contribution >= 4 is 11.7 Å². The van der Waals surface area contributed by atoms with E-state index >= 15 is 0 Å². The molecule has 1 heterocycles. The van der Waals surface area contributed by atoms with Crippen LogP contribution in [0.15, 0.2) is 0 Å². The highest BCUT2D eigenvalue weighted by molar-refractivity contribution is 6.37. The zero-order chi connectivity index (χ0) is 9.84. The van der Waals surface area contributed by atoms with Crippen molar-refractivity contribution in [1.82, 2.24) is 4.90 Å². The van der Waals surface area contributed by atoms with Crippen LogP contribution in [0.1, 0.15) is 20.3 Å². The molecule has 0 aromatic carbocycles. The van der Waals surface area contributed by atoms with Crippen LogP contribution in [-0.2, 0) is 14.3 Å². The summed E-state index contributed by atoms with van der Waals surface area (Å²) in [6.07, 6.45) is 0.356. The van der Waals surface area contributed by atoms with Crippen molar-refractivity contribution in [3.05, 3.63) is 0 Å². The number of rotatable bonds is 4. The predicted molar refractivity (Wildman–Crippen MR) is 47.3 cm³/mol. The Kier molecular flexibility index (Phi) is 3.42. The van der Waals surface area contributed by atoms with E-state index in [1.807, 2.05) is 13.8 Å². The van der Waals surface area contributed by atoms with E-state index in [1.54, 1.807) is 4.90 Å². The second-order valence-electron chi connectivity index (χ2n) is 3.18. The van der Waals surface area contributed by atoms with E-state index in [1.165, 1.54) is 0 Å². The number of ether oxygens (including phenoxy) is 1. The first-order valence-corrected chi connectivity index (χ1v) is 4.58. The summed E-state index contributed by atoms with van der Waals surface area (Å²) in [7, 11) is 0. The van der Waals surface area contributed by atoms with Gasteiger partial charge in [0.2, 0.25) is 5.78 Å². The minimum absolute atomic E-state index is 0.0129. The summed E-state index contributed by atoms with van der Waals surface area (Å²) in [4.78, 5) is 23.7. The number of carbonyl (C=O) groups excluding carboxylic acids is 2. The summed E-state index contributed by atoms with van der Waals surface area (Å²) in [5.74, 6) is -0.629. The summed E-state index contributed by atoms with van der Waals surface area (Å²) >= 11 is 0. The van der Waals surface area contributed by atoms with Crippen LogP contribution in [0, 0.1) is 0 Å². The number of ketones is 1. The lowest BCUT2D eigenvalue weighted by molar-refractivity contribution is -0.141. The Bertz CT molecular complexity index is 215. The number of hydrogen-bond donors (Lipinski definition) is 0. The normalized spacial score (nSPS) is 19.7. The first kappa shape index (κ1) is 10.2. The monoisotopic (exact) mass is 185 g/mol. The largest absolute Gasteiger partial charge is 0.380 e. The molecular weight excluding hydrogens is 170 g/mol. The zero-order valence-corrected chi connectivity index (χ0v) is 8.08. The molecule has 0 bridgehead atoms. The van der Waals surface area contributed by atoms with Gasteiger partial charge in [0.15, 0.2) is 0 Å². The Balaban J connectivity index is 2.43. The smallest absolute Gasteiger partial charge is 0.290 e. The minimum atomic E-state index is -0.354. The second-order valence-corrected chi connectivity index (χ2v) is 3.18. The number of hydrogen-bond acceptors (Lipinski definition) is 3. The van der Waals surface area contributed by atoms with Crippen molar-refractivity contribution in [2.75, 3.05) is 19.8 Å². The molecule has 0 spiro atoms. The molecule has 1 atom stereocenters. The Labute approximate surface area is 77.8 Å². The second kappa shape index (κ2) is 4.37. The first-order chi connectivity index (χ1) is 6.16. The van der Waals surface area contributed by atoms with Crippen LogP contribution in [0.25, 0.3) is 0 Å². The van der Waals surface area contributed by atoms with Crippen LogP contribution in [0.5, 0.6) is 0 Å². The molecule has 13 heavy (non-hydrogen) atoms. The van der Waals surface area contributed by atoms with Gasteiger partial charge in [0.1, 0.15) is 0 Å². The van der Waals surface area contributed by atoms with E-state index in [0.717, 1.165) is 0 Å². The molecule has 1 aliphatic heterocycles. The van der Waals surface area contributed by atoms with Crippen LogP contribution >= 0.6 is 0 Å². The van der Waals surface area contributed by atoms with Crippen LogP contribution in [0.2, 0.25) is 0 Å². The summed E-state index contributed by atoms with van der Waals surface area (Å²) in [6.45, 7) is 5.50. The third-order valence-electron chi connectivity index (χ3n) is 2.17. The predicted octanol–water partition coefficient (Wildman–Crippen LogP) is 0.213. The van der Waals surface area contributed by atoms with E-state index in [4.69, 9.17) is 4.74 Å². The third-order valence-corrected chi connectivity index (χ3v) is 2.17. The van der Waals surface area contributed by atoms with Gasteiger partial charge in [-0.05, 0) is 13.8 Å². The average molecular weight is 185 g/mol. The highest BCUT2D eigenvalue weighted by atomic mass is 16.5. The maximum atomic E-state index is 11.2. The lowest BCUT2D eigenvalue weighted by atomic mass is 10.3. The Hall–Kier alpha value is -0.900. The van der Waals surface area contributed by atoms with Crippen LogP contribution in [0.3, 0.4) is 0 Å². The van der Waals surface area contributed by atoms with Gasteiger partial charge in [-0.25, -0.2) is 0 Å². The van der Waals surface area contributed by atoms with Crippen molar-refractivity contribution in [1.29, 1.82) is 0 Å². The first-order valence-electron chi connectivity index (χ1n) is 4.58. The van der Waals surface area contributed by atoms with Gasteiger partial charge in [-0.15, -0.1) is 0 Å². The molecule has 0 aromatic rings. The molecule has 1 unspecified atom stereocenters. The van der Waals surface area contributed by atoms with Crippen LogP contribution in [0.4, 0.5) is 0 Å². The van der Waals surface area contributed by atoms with Gasteiger partial charge in [-0.1, -0.05) is 0 Å². The van der Waals surface area contributed by atoms with Gasteiger partial charge in [0, 0.05) is 19.6 Å². The standard InChI is InChI=1S/C9H15NO3/c1-3-13-6-7(2)10-5-4-8(11)9(10)12/h7H,3-6H2,1-2H3. The highest BCUT2D eigenvalue weighted by Crippen LogP contribution is 2.10. The summed E-state index contributed by atoms with van der Waals surface area (Å²) < 4.78 is 5.19. The molecule has 1 fully saturated rings. The Morgan fingerprint density at radius 2 is 2.23 bits per heavy atom. The van der Waals surface area contributed by atoms with E-state index < -0.39 is 0 Å². The van der Waals surface area contributed by atoms with E-state index in [-0.39, 0.29) is 17.7 Å². The van der Waals surface area contributed by atoms with Gasteiger partial charge in [-0.3, -0.25) is 9.59 Å². The fraction of sp³-hybridized carbons (Fsp3) is 0.778. The summed E-state index contributed by atoms with van der Waals surface area (Å²) in [6, 6.07) is 0.0129. The van der Waals surface area contributed by atoms with Crippen molar-refractivity contribution in [3.63, 3.8) is 0 Å². The third kappa shape index (κ3) is 2.28. The maximum Gasteiger partial charge on any atom is 0.290 e. The lowest BCUT2D eigenvalue weighted by Crippen LogP contribution is -2.38. The number of likely N-dealkylation sites (tertiary alicyclic amines) is 1. The van der Waals surface area contributed by atoms with E-state index in [2.05, 4.69) is 0 Å². The maximum absolute atomic E-state index is 11.2. The van der Waals surface area contributed by atoms with Gasteiger partial charge in [0.25, 0.3) is 5.91 Å². The van der Waals surface area contributed by atoms with Crippen molar-refractivity contribution in [3.8, 4) is 0 Å². The zero-order valence-electron chi connectivity index (χ0n) is 8.08. The number of carbonyl (C=O) groups is 2. The van der Waals surface area contributed by atoms with Crippen molar-refractivity contribution < 1.29 is 14.3 Å². The molecule has 1 saturated heterocycles. The summed E-state index contributed by atoms with van der Waals surface area (Å²) in [5.41, 5.74) is 0. The molecule has 4 heteroatoms. The molecular formula is C9H15NO3. The summed E-state index contributed by atoms with van der Waals surface area (Å²) in [5, 5.41) is 0. The number of nitrogens with zero attached hydrogens (tertiary/aromatic N) is 1. The molecule has 0 radical (unpaired) electrons. The topological polar surface area (TPSA) is 46.6 Å². The quantitative estimate of drug-likeness (QED) is 0.588. The highest BCUT2D eigenvalue weighted by Gasteiger charge is 2.32.